The number of nitrogens with one attached hydrogen (secondary N) is 1. The van der Waals surface area contributed by atoms with E-state index in [4.69, 9.17) is 4.74 Å². The van der Waals surface area contributed by atoms with Crippen LogP contribution in [0.2, 0.25) is 0 Å². The molecular weight excluding hydrogens is 432 g/mol. The maximum atomic E-state index is 12.4. The Bertz CT molecular complexity index is 1210. The van der Waals surface area contributed by atoms with Gasteiger partial charge < -0.3 is 10.1 Å². The average molecular weight is 459 g/mol. The van der Waals surface area contributed by atoms with E-state index >= 15 is 0 Å². The van der Waals surface area contributed by atoms with Crippen molar-refractivity contribution in [2.75, 3.05) is 5.75 Å². The third-order valence-electron chi connectivity index (χ3n) is 5.10. The minimum Gasteiger partial charge on any atom is -0.489 e. The summed E-state index contributed by atoms with van der Waals surface area (Å²) in [5.74, 6) is 1.05. The second-order valence-electron chi connectivity index (χ2n) is 7.73. The van der Waals surface area contributed by atoms with Gasteiger partial charge in [-0.15, -0.1) is 0 Å². The fourth-order valence-electron chi connectivity index (χ4n) is 3.29. The van der Waals surface area contributed by atoms with Crippen molar-refractivity contribution in [3.8, 4) is 11.4 Å². The third kappa shape index (κ3) is 6.23. The Kier molecular flexibility index (Phi) is 7.42. The smallest absolute Gasteiger partial charge is 0.230 e. The average Bonchev–Trinajstić information content (AvgIpc) is 3.31. The van der Waals surface area contributed by atoms with Crippen LogP contribution in [0.4, 0.5) is 0 Å². The first-order valence-corrected chi connectivity index (χ1v) is 11.7. The van der Waals surface area contributed by atoms with E-state index in [0.717, 1.165) is 33.3 Å². The molecule has 0 radical (unpaired) electrons. The van der Waals surface area contributed by atoms with E-state index in [1.807, 2.05) is 47.2 Å². The lowest BCUT2D eigenvalue weighted by Gasteiger charge is -2.11. The topological polar surface area (TPSA) is 69.0 Å². The van der Waals surface area contributed by atoms with E-state index in [1.165, 1.54) is 17.3 Å². The van der Waals surface area contributed by atoms with Crippen molar-refractivity contribution in [1.82, 2.24) is 19.9 Å². The van der Waals surface area contributed by atoms with Gasteiger partial charge in [0.25, 0.3) is 0 Å². The van der Waals surface area contributed by atoms with Crippen molar-refractivity contribution < 1.29 is 9.53 Å². The number of amides is 1. The summed E-state index contributed by atoms with van der Waals surface area (Å²) >= 11 is 1.43. The van der Waals surface area contributed by atoms with Crippen LogP contribution in [-0.4, -0.2) is 26.2 Å². The highest BCUT2D eigenvalue weighted by molar-refractivity contribution is 7.99. The number of carbonyl (C=O) groups excluding carboxylic acids is 1. The zero-order chi connectivity index (χ0) is 23.0. The Hall–Kier alpha value is -3.58. The summed E-state index contributed by atoms with van der Waals surface area (Å²) < 4.78 is 7.81. The van der Waals surface area contributed by atoms with Crippen molar-refractivity contribution >= 4 is 17.7 Å². The number of imidazole rings is 1. The van der Waals surface area contributed by atoms with Crippen LogP contribution in [0.3, 0.4) is 0 Å². The van der Waals surface area contributed by atoms with Crippen molar-refractivity contribution in [1.29, 1.82) is 0 Å². The first kappa shape index (κ1) is 22.6. The highest BCUT2D eigenvalue weighted by atomic mass is 32.2. The molecule has 0 saturated heterocycles. The minimum absolute atomic E-state index is 0.0348. The molecule has 168 valence electrons. The highest BCUT2D eigenvalue weighted by Gasteiger charge is 2.11. The van der Waals surface area contributed by atoms with E-state index in [-0.39, 0.29) is 5.91 Å². The second-order valence-corrected chi connectivity index (χ2v) is 8.67. The second kappa shape index (κ2) is 10.8. The standard InChI is InChI=1S/C26H26N4O2S/c1-19-5-6-20(2)24(14-19)30-13-12-28-26(30)33-18-25(31)29-16-21-7-9-23(10-8-21)32-17-22-4-3-11-27-15-22/h3-15H,16-18H2,1-2H3,(H,29,31). The molecular formula is C26H26N4O2S. The van der Waals surface area contributed by atoms with Crippen molar-refractivity contribution in [2.45, 2.75) is 32.2 Å². The Morgan fingerprint density at radius 3 is 2.70 bits per heavy atom. The number of benzene rings is 2. The van der Waals surface area contributed by atoms with Gasteiger partial charge in [0.2, 0.25) is 5.91 Å². The lowest BCUT2D eigenvalue weighted by molar-refractivity contribution is -0.118. The number of aromatic nitrogens is 3. The summed E-state index contributed by atoms with van der Waals surface area (Å²) in [6.45, 7) is 5.08. The summed E-state index contributed by atoms with van der Waals surface area (Å²) in [6, 6.07) is 17.9. The van der Waals surface area contributed by atoms with Crippen LogP contribution in [0, 0.1) is 13.8 Å². The van der Waals surface area contributed by atoms with Gasteiger partial charge in [0.15, 0.2) is 5.16 Å². The molecule has 2 aromatic heterocycles. The first-order chi connectivity index (χ1) is 16.1. The van der Waals surface area contributed by atoms with Gasteiger partial charge >= 0.3 is 0 Å². The van der Waals surface area contributed by atoms with Crippen LogP contribution in [0.25, 0.3) is 5.69 Å². The summed E-state index contributed by atoms with van der Waals surface area (Å²) in [6.07, 6.45) is 7.22. The molecule has 6 nitrogen and oxygen atoms in total. The maximum Gasteiger partial charge on any atom is 0.230 e. The number of carbonyl (C=O) groups is 1. The summed E-state index contributed by atoms with van der Waals surface area (Å²) in [7, 11) is 0. The predicted octanol–water partition coefficient (Wildman–Crippen LogP) is 4.87. The SMILES string of the molecule is Cc1ccc(C)c(-n2ccnc2SCC(=O)NCc2ccc(OCc3cccnc3)cc2)c1. The number of nitrogens with zero attached hydrogens (tertiary/aromatic N) is 3. The maximum absolute atomic E-state index is 12.4. The van der Waals surface area contributed by atoms with Gasteiger partial charge in [0, 0.05) is 36.9 Å². The van der Waals surface area contributed by atoms with Gasteiger partial charge in [-0.2, -0.15) is 0 Å². The molecule has 2 heterocycles. The molecule has 2 aromatic carbocycles. The molecule has 0 aliphatic heterocycles. The van der Waals surface area contributed by atoms with E-state index in [2.05, 4.69) is 47.3 Å². The van der Waals surface area contributed by atoms with Gasteiger partial charge in [-0.1, -0.05) is 42.1 Å². The Labute approximate surface area is 198 Å². The van der Waals surface area contributed by atoms with E-state index < -0.39 is 0 Å². The van der Waals surface area contributed by atoms with Crippen LogP contribution in [0.1, 0.15) is 22.3 Å². The van der Waals surface area contributed by atoms with Gasteiger partial charge in [-0.3, -0.25) is 14.3 Å². The number of pyridine rings is 1. The predicted molar refractivity (Wildman–Crippen MR) is 131 cm³/mol. The Balaban J connectivity index is 1.26. The van der Waals surface area contributed by atoms with E-state index in [1.54, 1.807) is 18.6 Å². The van der Waals surface area contributed by atoms with E-state index in [9.17, 15) is 4.79 Å². The van der Waals surface area contributed by atoms with Gasteiger partial charge in [0.05, 0.1) is 11.4 Å². The molecule has 33 heavy (non-hydrogen) atoms. The molecule has 0 aliphatic rings. The number of aryl methyl sites for hydroxylation is 2. The van der Waals surface area contributed by atoms with Crippen LogP contribution >= 0.6 is 11.8 Å². The number of rotatable bonds is 9. The molecule has 0 fully saturated rings. The number of thioether (sulfide) groups is 1. The zero-order valence-electron chi connectivity index (χ0n) is 18.7. The fraction of sp³-hybridized carbons (Fsp3) is 0.192. The monoisotopic (exact) mass is 458 g/mol. The van der Waals surface area contributed by atoms with Crippen molar-refractivity contribution in [2.24, 2.45) is 0 Å². The van der Waals surface area contributed by atoms with Crippen molar-refractivity contribution in [3.63, 3.8) is 0 Å². The Morgan fingerprint density at radius 2 is 1.91 bits per heavy atom. The molecule has 1 N–H and O–H groups in total. The summed E-state index contributed by atoms with van der Waals surface area (Å²) in [5.41, 5.74) is 5.47. The van der Waals surface area contributed by atoms with Crippen LogP contribution in [0.15, 0.2) is 84.5 Å². The lowest BCUT2D eigenvalue weighted by atomic mass is 10.1. The molecule has 0 spiro atoms. The van der Waals surface area contributed by atoms with Gasteiger partial charge in [-0.25, -0.2) is 4.98 Å². The largest absolute Gasteiger partial charge is 0.489 e. The van der Waals surface area contributed by atoms with E-state index in [0.29, 0.717) is 18.9 Å². The van der Waals surface area contributed by atoms with Crippen molar-refractivity contribution in [3.05, 3.63) is 102 Å². The van der Waals surface area contributed by atoms with Gasteiger partial charge in [-0.05, 0) is 54.8 Å². The van der Waals surface area contributed by atoms with Crippen LogP contribution < -0.4 is 10.1 Å². The minimum atomic E-state index is -0.0348. The van der Waals surface area contributed by atoms with Crippen LogP contribution in [-0.2, 0) is 17.9 Å². The zero-order valence-corrected chi connectivity index (χ0v) is 19.5. The molecule has 7 heteroatoms. The number of ether oxygens (including phenoxy) is 1. The molecule has 0 unspecified atom stereocenters. The molecule has 0 bridgehead atoms. The summed E-state index contributed by atoms with van der Waals surface area (Å²) in [5, 5.41) is 3.77. The fourth-order valence-corrected chi connectivity index (χ4v) is 4.09. The molecule has 0 saturated carbocycles. The molecule has 0 atom stereocenters. The molecule has 0 aliphatic carbocycles. The van der Waals surface area contributed by atoms with Crippen LogP contribution in [0.5, 0.6) is 5.75 Å². The number of hydrogen-bond donors (Lipinski definition) is 1. The molecule has 4 rings (SSSR count). The molecule has 1 amide bonds. The highest BCUT2D eigenvalue weighted by Crippen LogP contribution is 2.23. The van der Waals surface area contributed by atoms with Gasteiger partial charge in [0.1, 0.15) is 12.4 Å². The summed E-state index contributed by atoms with van der Waals surface area (Å²) in [4.78, 5) is 20.9. The third-order valence-corrected chi connectivity index (χ3v) is 6.07. The first-order valence-electron chi connectivity index (χ1n) is 10.7. The number of hydrogen-bond acceptors (Lipinski definition) is 5. The Morgan fingerprint density at radius 1 is 1.06 bits per heavy atom. The molecule has 4 aromatic rings. The lowest BCUT2D eigenvalue weighted by Crippen LogP contribution is -2.24. The quantitative estimate of drug-likeness (QED) is 0.362. The normalized spacial score (nSPS) is 10.7.